The molecule has 0 heterocycles. The highest BCUT2D eigenvalue weighted by Crippen LogP contribution is 2.23. The molecule has 0 atom stereocenters. The summed E-state index contributed by atoms with van der Waals surface area (Å²) in [6.45, 7) is 2.92. The van der Waals surface area contributed by atoms with Crippen molar-refractivity contribution in [3.63, 3.8) is 0 Å². The molecule has 0 aliphatic heterocycles. The standard InChI is InChI=1S/C16H16O3/c1-2-18-15-8-9-16(14(10-15)11-17)19-12-13-6-4-3-5-7-13/h3-11H,2,12H2,1H3. The van der Waals surface area contributed by atoms with Crippen LogP contribution in [0.1, 0.15) is 22.8 Å². The van der Waals surface area contributed by atoms with Crippen molar-refractivity contribution in [3.05, 3.63) is 59.7 Å². The minimum Gasteiger partial charge on any atom is -0.494 e. The molecule has 2 aromatic rings. The molecule has 2 aromatic carbocycles. The molecule has 0 radical (unpaired) electrons. The van der Waals surface area contributed by atoms with E-state index in [2.05, 4.69) is 0 Å². The van der Waals surface area contributed by atoms with Crippen LogP contribution < -0.4 is 9.47 Å². The van der Waals surface area contributed by atoms with Crippen LogP contribution in [0.5, 0.6) is 11.5 Å². The Morgan fingerprint density at radius 2 is 1.84 bits per heavy atom. The van der Waals surface area contributed by atoms with Crippen molar-refractivity contribution >= 4 is 6.29 Å². The van der Waals surface area contributed by atoms with Gasteiger partial charge in [-0.25, -0.2) is 0 Å². The summed E-state index contributed by atoms with van der Waals surface area (Å²) in [6.07, 6.45) is 0.781. The number of hydrogen-bond donors (Lipinski definition) is 0. The molecule has 0 unspecified atom stereocenters. The number of rotatable bonds is 6. The zero-order valence-corrected chi connectivity index (χ0v) is 10.8. The lowest BCUT2D eigenvalue weighted by atomic mass is 10.2. The van der Waals surface area contributed by atoms with Crippen LogP contribution in [0.2, 0.25) is 0 Å². The first-order chi connectivity index (χ1) is 9.33. The molecule has 0 bridgehead atoms. The molecular weight excluding hydrogens is 240 g/mol. The van der Waals surface area contributed by atoms with Crippen LogP contribution >= 0.6 is 0 Å². The van der Waals surface area contributed by atoms with E-state index in [4.69, 9.17) is 9.47 Å². The number of carbonyl (C=O) groups is 1. The molecule has 0 saturated heterocycles. The Kier molecular flexibility index (Phi) is 4.56. The third-order valence-electron chi connectivity index (χ3n) is 2.66. The second kappa shape index (κ2) is 6.59. The summed E-state index contributed by atoms with van der Waals surface area (Å²) in [7, 11) is 0. The molecule has 0 spiro atoms. The average Bonchev–Trinajstić information content (AvgIpc) is 2.47. The highest BCUT2D eigenvalue weighted by atomic mass is 16.5. The van der Waals surface area contributed by atoms with Gasteiger partial charge in [0.2, 0.25) is 0 Å². The highest BCUT2D eigenvalue weighted by Gasteiger charge is 2.05. The second-order valence-corrected chi connectivity index (χ2v) is 4.02. The molecule has 0 amide bonds. The molecule has 0 N–H and O–H groups in total. The zero-order valence-electron chi connectivity index (χ0n) is 10.8. The van der Waals surface area contributed by atoms with Gasteiger partial charge in [0.1, 0.15) is 18.1 Å². The van der Waals surface area contributed by atoms with E-state index in [1.807, 2.05) is 37.3 Å². The van der Waals surface area contributed by atoms with Crippen LogP contribution in [-0.4, -0.2) is 12.9 Å². The lowest BCUT2D eigenvalue weighted by molar-refractivity contribution is 0.111. The van der Waals surface area contributed by atoms with Gasteiger partial charge in [-0.3, -0.25) is 4.79 Å². The maximum absolute atomic E-state index is 11.1. The Balaban J connectivity index is 2.09. The maximum Gasteiger partial charge on any atom is 0.153 e. The molecule has 2 rings (SSSR count). The minimum absolute atomic E-state index is 0.440. The number of ether oxygens (including phenoxy) is 2. The predicted octanol–water partition coefficient (Wildman–Crippen LogP) is 3.48. The van der Waals surface area contributed by atoms with Gasteiger partial charge in [0.05, 0.1) is 12.2 Å². The highest BCUT2D eigenvalue weighted by molar-refractivity contribution is 5.80. The normalized spacial score (nSPS) is 9.95. The van der Waals surface area contributed by atoms with Crippen molar-refractivity contribution in [2.75, 3.05) is 6.61 Å². The quantitative estimate of drug-likeness (QED) is 0.742. The van der Waals surface area contributed by atoms with Crippen molar-refractivity contribution < 1.29 is 14.3 Å². The summed E-state index contributed by atoms with van der Waals surface area (Å²) in [5.41, 5.74) is 1.56. The number of hydrogen-bond acceptors (Lipinski definition) is 3. The van der Waals surface area contributed by atoms with Crippen molar-refractivity contribution in [1.82, 2.24) is 0 Å². The van der Waals surface area contributed by atoms with Crippen molar-refractivity contribution in [3.8, 4) is 11.5 Å². The van der Waals surface area contributed by atoms with Gasteiger partial charge in [-0.15, -0.1) is 0 Å². The summed E-state index contributed by atoms with van der Waals surface area (Å²) in [4.78, 5) is 11.1. The van der Waals surface area contributed by atoms with E-state index in [1.54, 1.807) is 18.2 Å². The van der Waals surface area contributed by atoms with Gasteiger partial charge >= 0.3 is 0 Å². The first-order valence-corrected chi connectivity index (χ1v) is 6.22. The number of aldehydes is 1. The summed E-state index contributed by atoms with van der Waals surface area (Å²) in [5.74, 6) is 1.25. The van der Waals surface area contributed by atoms with E-state index in [-0.39, 0.29) is 0 Å². The predicted molar refractivity (Wildman–Crippen MR) is 73.8 cm³/mol. The topological polar surface area (TPSA) is 35.5 Å². The van der Waals surface area contributed by atoms with E-state index in [0.717, 1.165) is 11.8 Å². The lowest BCUT2D eigenvalue weighted by Crippen LogP contribution is -1.99. The first kappa shape index (κ1) is 13.1. The minimum atomic E-state index is 0.440. The van der Waals surface area contributed by atoms with Gasteiger partial charge in [0, 0.05) is 0 Å². The van der Waals surface area contributed by atoms with Crippen LogP contribution in [0.3, 0.4) is 0 Å². The van der Waals surface area contributed by atoms with Crippen LogP contribution in [0.25, 0.3) is 0 Å². The fourth-order valence-electron chi connectivity index (χ4n) is 1.74. The fraction of sp³-hybridized carbons (Fsp3) is 0.188. The molecule has 19 heavy (non-hydrogen) atoms. The summed E-state index contributed by atoms with van der Waals surface area (Å²) >= 11 is 0. The molecule has 0 fully saturated rings. The van der Waals surface area contributed by atoms with E-state index < -0.39 is 0 Å². The van der Waals surface area contributed by atoms with Gasteiger partial charge in [-0.05, 0) is 30.7 Å². The Labute approximate surface area is 112 Å². The molecule has 3 nitrogen and oxygen atoms in total. The van der Waals surface area contributed by atoms with E-state index in [9.17, 15) is 4.79 Å². The van der Waals surface area contributed by atoms with Gasteiger partial charge in [-0.2, -0.15) is 0 Å². The number of carbonyl (C=O) groups excluding carboxylic acids is 1. The van der Waals surface area contributed by atoms with Crippen molar-refractivity contribution in [2.45, 2.75) is 13.5 Å². The summed E-state index contributed by atoms with van der Waals surface area (Å²) in [5, 5.41) is 0. The Hall–Kier alpha value is -2.29. The van der Waals surface area contributed by atoms with Crippen LogP contribution in [0.4, 0.5) is 0 Å². The Morgan fingerprint density at radius 3 is 2.53 bits per heavy atom. The average molecular weight is 256 g/mol. The summed E-state index contributed by atoms with van der Waals surface area (Å²) < 4.78 is 11.0. The molecule has 98 valence electrons. The zero-order chi connectivity index (χ0) is 13.5. The van der Waals surface area contributed by atoms with Gasteiger partial charge < -0.3 is 9.47 Å². The molecule has 0 saturated carbocycles. The third kappa shape index (κ3) is 3.58. The molecular formula is C16H16O3. The summed E-state index contributed by atoms with van der Waals surface area (Å²) in [6, 6.07) is 15.1. The van der Waals surface area contributed by atoms with Gasteiger partial charge in [-0.1, -0.05) is 30.3 Å². The first-order valence-electron chi connectivity index (χ1n) is 6.22. The van der Waals surface area contributed by atoms with Crippen LogP contribution in [0, 0.1) is 0 Å². The third-order valence-corrected chi connectivity index (χ3v) is 2.66. The molecule has 0 aliphatic rings. The largest absolute Gasteiger partial charge is 0.494 e. The van der Waals surface area contributed by atoms with E-state index >= 15 is 0 Å². The van der Waals surface area contributed by atoms with Crippen LogP contribution in [0.15, 0.2) is 48.5 Å². The lowest BCUT2D eigenvalue weighted by Gasteiger charge is -2.10. The Bertz CT molecular complexity index is 535. The van der Waals surface area contributed by atoms with Gasteiger partial charge in [0.25, 0.3) is 0 Å². The van der Waals surface area contributed by atoms with E-state index in [1.165, 1.54) is 0 Å². The Morgan fingerprint density at radius 1 is 1.05 bits per heavy atom. The van der Waals surface area contributed by atoms with Crippen molar-refractivity contribution in [2.24, 2.45) is 0 Å². The fourth-order valence-corrected chi connectivity index (χ4v) is 1.74. The van der Waals surface area contributed by atoms with Gasteiger partial charge in [0.15, 0.2) is 6.29 Å². The molecule has 3 heteroatoms. The molecule has 0 aromatic heterocycles. The maximum atomic E-state index is 11.1. The van der Waals surface area contributed by atoms with Crippen molar-refractivity contribution in [1.29, 1.82) is 0 Å². The second-order valence-electron chi connectivity index (χ2n) is 4.02. The van der Waals surface area contributed by atoms with Crippen LogP contribution in [-0.2, 0) is 6.61 Å². The monoisotopic (exact) mass is 256 g/mol. The molecule has 0 aliphatic carbocycles. The van der Waals surface area contributed by atoms with E-state index in [0.29, 0.717) is 30.3 Å². The SMILES string of the molecule is CCOc1ccc(OCc2ccccc2)c(C=O)c1. The number of benzene rings is 2. The smallest absolute Gasteiger partial charge is 0.153 e.